The third-order valence-electron chi connectivity index (χ3n) is 3.38. The maximum Gasteiger partial charge on any atom is 0.339 e. The van der Waals surface area contributed by atoms with Crippen LogP contribution in [0.2, 0.25) is 0 Å². The number of carbonyl (C=O) groups is 1. The molecule has 1 fully saturated rings. The molecule has 0 bridgehead atoms. The highest BCUT2D eigenvalue weighted by Gasteiger charge is 2.46. The normalized spacial score (nSPS) is 21.1. The number of nitrogens with one attached hydrogen (secondary N) is 1. The van der Waals surface area contributed by atoms with Crippen LogP contribution in [0.1, 0.15) is 41.9 Å². The lowest BCUT2D eigenvalue weighted by molar-refractivity contribution is 0.0697. The van der Waals surface area contributed by atoms with Crippen LogP contribution in [0.4, 0.5) is 5.82 Å². The number of rotatable bonds is 3. The number of aryl methyl sites for hydroxylation is 2. The molecule has 1 aromatic rings. The molecule has 0 aliphatic heterocycles. The molecular weight excluding hydrogens is 216 g/mol. The van der Waals surface area contributed by atoms with Crippen molar-refractivity contribution in [3.8, 4) is 0 Å². The van der Waals surface area contributed by atoms with Crippen LogP contribution in [-0.2, 0) is 0 Å². The molecule has 1 aliphatic carbocycles. The van der Waals surface area contributed by atoms with Crippen LogP contribution in [0.25, 0.3) is 0 Å². The van der Waals surface area contributed by atoms with Gasteiger partial charge in [-0.15, -0.1) is 0 Å². The fourth-order valence-electron chi connectivity index (χ4n) is 2.09. The van der Waals surface area contributed by atoms with Crippen molar-refractivity contribution < 1.29 is 9.90 Å². The summed E-state index contributed by atoms with van der Waals surface area (Å²) < 4.78 is 0. The largest absolute Gasteiger partial charge is 0.478 e. The predicted octanol–water partition coefficient (Wildman–Crippen LogP) is 2.61. The number of carboxylic acids is 1. The molecule has 4 heteroatoms. The van der Waals surface area contributed by atoms with Gasteiger partial charge in [0, 0.05) is 11.7 Å². The van der Waals surface area contributed by atoms with Gasteiger partial charge in [-0.1, -0.05) is 13.8 Å². The van der Waals surface area contributed by atoms with Crippen molar-refractivity contribution in [1.29, 1.82) is 0 Å². The van der Waals surface area contributed by atoms with Crippen LogP contribution < -0.4 is 5.32 Å². The average Bonchev–Trinajstić information content (AvgIpc) is 2.70. The number of anilines is 1. The van der Waals surface area contributed by atoms with E-state index in [1.165, 1.54) is 0 Å². The minimum absolute atomic E-state index is 0.245. The van der Waals surface area contributed by atoms with E-state index in [1.807, 2.05) is 6.92 Å². The highest BCUT2D eigenvalue weighted by atomic mass is 16.4. The molecule has 1 unspecified atom stereocenters. The quantitative estimate of drug-likeness (QED) is 0.843. The summed E-state index contributed by atoms with van der Waals surface area (Å²) in [4.78, 5) is 15.5. The minimum atomic E-state index is -0.920. The van der Waals surface area contributed by atoms with E-state index in [-0.39, 0.29) is 5.41 Å². The van der Waals surface area contributed by atoms with Gasteiger partial charge in [-0.2, -0.15) is 0 Å². The zero-order valence-electron chi connectivity index (χ0n) is 10.7. The number of aromatic carboxylic acids is 1. The van der Waals surface area contributed by atoms with Gasteiger partial charge in [-0.3, -0.25) is 0 Å². The number of carboxylic acid groups (broad SMARTS) is 1. The monoisotopic (exact) mass is 234 g/mol. The van der Waals surface area contributed by atoms with Gasteiger partial charge >= 0.3 is 5.97 Å². The first-order chi connectivity index (χ1) is 7.81. The second-order valence-corrected chi connectivity index (χ2v) is 5.50. The first-order valence-corrected chi connectivity index (χ1v) is 5.79. The van der Waals surface area contributed by atoms with E-state index in [0.717, 1.165) is 17.7 Å². The van der Waals surface area contributed by atoms with Crippen molar-refractivity contribution in [2.75, 3.05) is 5.32 Å². The fourth-order valence-corrected chi connectivity index (χ4v) is 2.09. The molecule has 0 aromatic carbocycles. The molecular formula is C13H18N2O2. The van der Waals surface area contributed by atoms with Crippen molar-refractivity contribution in [3.63, 3.8) is 0 Å². The number of nitrogens with zero attached hydrogens (tertiary/aromatic N) is 1. The Morgan fingerprint density at radius 1 is 1.53 bits per heavy atom. The van der Waals surface area contributed by atoms with Gasteiger partial charge in [0.2, 0.25) is 0 Å². The lowest BCUT2D eigenvalue weighted by Crippen LogP contribution is -2.15. The summed E-state index contributed by atoms with van der Waals surface area (Å²) in [5.74, 6) is -0.415. The van der Waals surface area contributed by atoms with Gasteiger partial charge in [-0.05, 0) is 37.3 Å². The first kappa shape index (κ1) is 11.9. The lowest BCUT2D eigenvalue weighted by Gasteiger charge is -2.13. The molecule has 1 aliphatic rings. The van der Waals surface area contributed by atoms with Crippen LogP contribution in [-0.4, -0.2) is 22.1 Å². The fraction of sp³-hybridized carbons (Fsp3) is 0.538. The first-order valence-electron chi connectivity index (χ1n) is 5.79. The van der Waals surface area contributed by atoms with E-state index in [0.29, 0.717) is 17.4 Å². The summed E-state index contributed by atoms with van der Waals surface area (Å²) in [5, 5.41) is 12.5. The van der Waals surface area contributed by atoms with Crippen LogP contribution in [0.3, 0.4) is 0 Å². The second kappa shape index (κ2) is 3.72. The number of pyridine rings is 1. The van der Waals surface area contributed by atoms with Crippen LogP contribution in [0.5, 0.6) is 0 Å². The van der Waals surface area contributed by atoms with Crippen molar-refractivity contribution >= 4 is 11.8 Å². The Hall–Kier alpha value is -1.58. The Kier molecular flexibility index (Phi) is 2.60. The van der Waals surface area contributed by atoms with Crippen molar-refractivity contribution in [1.82, 2.24) is 4.98 Å². The highest BCUT2D eigenvalue weighted by molar-refractivity contribution is 5.95. The number of hydrogen-bond acceptors (Lipinski definition) is 3. The molecule has 0 amide bonds. The number of aromatic nitrogens is 1. The van der Waals surface area contributed by atoms with Gasteiger partial charge in [-0.25, -0.2) is 9.78 Å². The average molecular weight is 234 g/mol. The summed E-state index contributed by atoms with van der Waals surface area (Å²) in [6.07, 6.45) is 1.06. The topological polar surface area (TPSA) is 62.2 Å². The molecule has 2 rings (SSSR count). The van der Waals surface area contributed by atoms with Gasteiger partial charge in [0.1, 0.15) is 11.4 Å². The summed E-state index contributed by atoms with van der Waals surface area (Å²) in [7, 11) is 0. The maximum absolute atomic E-state index is 11.2. The molecule has 4 nitrogen and oxygen atoms in total. The molecule has 92 valence electrons. The van der Waals surface area contributed by atoms with Gasteiger partial charge in [0.15, 0.2) is 0 Å². The Morgan fingerprint density at radius 2 is 2.12 bits per heavy atom. The second-order valence-electron chi connectivity index (χ2n) is 5.50. The van der Waals surface area contributed by atoms with E-state index < -0.39 is 5.97 Å². The van der Waals surface area contributed by atoms with E-state index in [4.69, 9.17) is 0 Å². The van der Waals surface area contributed by atoms with E-state index in [9.17, 15) is 9.90 Å². The summed E-state index contributed by atoms with van der Waals surface area (Å²) in [5.41, 5.74) is 2.13. The van der Waals surface area contributed by atoms with Gasteiger partial charge < -0.3 is 10.4 Å². The standard InChI is InChI=1S/C13H18N2O2/c1-7-5-8(2)14-11(10(7)12(16)17)15-9-6-13(9,3)4/h5,9H,6H2,1-4H3,(H,14,15)(H,16,17). The Morgan fingerprint density at radius 3 is 2.59 bits per heavy atom. The Balaban J connectivity index is 2.35. The predicted molar refractivity (Wildman–Crippen MR) is 66.5 cm³/mol. The SMILES string of the molecule is Cc1cc(C)c(C(=O)O)c(NC2CC2(C)C)n1. The zero-order chi connectivity index (χ0) is 12.8. The molecule has 1 aromatic heterocycles. The molecule has 17 heavy (non-hydrogen) atoms. The summed E-state index contributed by atoms with van der Waals surface area (Å²) in [6.45, 7) is 8.00. The van der Waals surface area contributed by atoms with Crippen LogP contribution >= 0.6 is 0 Å². The molecule has 0 spiro atoms. The Bertz CT molecular complexity index is 481. The third-order valence-corrected chi connectivity index (χ3v) is 3.38. The minimum Gasteiger partial charge on any atom is -0.478 e. The number of hydrogen-bond donors (Lipinski definition) is 2. The van der Waals surface area contributed by atoms with Crippen LogP contribution in [0.15, 0.2) is 6.07 Å². The zero-order valence-corrected chi connectivity index (χ0v) is 10.7. The molecule has 2 N–H and O–H groups in total. The Labute approximate surface area is 101 Å². The molecule has 1 saturated carbocycles. The van der Waals surface area contributed by atoms with E-state index in [1.54, 1.807) is 13.0 Å². The van der Waals surface area contributed by atoms with Crippen molar-refractivity contribution in [3.05, 3.63) is 22.9 Å². The molecule has 0 saturated heterocycles. The van der Waals surface area contributed by atoms with Crippen molar-refractivity contribution in [2.24, 2.45) is 5.41 Å². The summed E-state index contributed by atoms with van der Waals surface area (Å²) in [6, 6.07) is 2.13. The van der Waals surface area contributed by atoms with Gasteiger partial charge in [0.25, 0.3) is 0 Å². The summed E-state index contributed by atoms with van der Waals surface area (Å²) >= 11 is 0. The van der Waals surface area contributed by atoms with E-state index >= 15 is 0 Å². The lowest BCUT2D eigenvalue weighted by atomic mass is 10.1. The third kappa shape index (κ3) is 2.25. The molecule has 1 heterocycles. The smallest absolute Gasteiger partial charge is 0.339 e. The molecule has 0 radical (unpaired) electrons. The maximum atomic E-state index is 11.2. The van der Waals surface area contributed by atoms with Crippen molar-refractivity contribution in [2.45, 2.75) is 40.2 Å². The van der Waals surface area contributed by atoms with E-state index in [2.05, 4.69) is 24.1 Å². The van der Waals surface area contributed by atoms with Crippen LogP contribution in [0, 0.1) is 19.3 Å². The molecule has 1 atom stereocenters. The van der Waals surface area contributed by atoms with Gasteiger partial charge in [0.05, 0.1) is 0 Å². The highest BCUT2D eigenvalue weighted by Crippen LogP contribution is 2.46.